The normalized spacial score (nSPS) is 21.2. The average Bonchev–Trinajstić information content (AvgIpc) is 2.07. The zero-order valence-corrected chi connectivity index (χ0v) is 7.68. The molecule has 0 bridgehead atoms. The Labute approximate surface area is 70.7 Å². The van der Waals surface area contributed by atoms with Gasteiger partial charge in [-0.3, -0.25) is 0 Å². The van der Waals surface area contributed by atoms with Crippen molar-refractivity contribution in [2.75, 3.05) is 0 Å². The predicted octanol–water partition coefficient (Wildman–Crippen LogP) is 3.92. The first-order chi connectivity index (χ1) is 5.43. The SMILES string of the molecule is CCC=CCC1CCCCC1. The molecule has 0 radical (unpaired) electrons. The van der Waals surface area contributed by atoms with E-state index in [4.69, 9.17) is 0 Å². The first-order valence-corrected chi connectivity index (χ1v) is 5.08. The van der Waals surface area contributed by atoms with Gasteiger partial charge < -0.3 is 0 Å². The molecule has 0 spiro atoms. The minimum absolute atomic E-state index is 1.02. The summed E-state index contributed by atoms with van der Waals surface area (Å²) >= 11 is 0. The van der Waals surface area contributed by atoms with E-state index in [1.807, 2.05) is 0 Å². The molecule has 0 aromatic heterocycles. The molecule has 0 aromatic rings. The first kappa shape index (κ1) is 8.83. The van der Waals surface area contributed by atoms with Gasteiger partial charge in [0.2, 0.25) is 0 Å². The highest BCUT2D eigenvalue weighted by molar-refractivity contribution is 4.83. The Morgan fingerprint density at radius 2 is 1.82 bits per heavy atom. The van der Waals surface area contributed by atoms with Gasteiger partial charge in [0.1, 0.15) is 0 Å². The molecule has 1 fully saturated rings. The Hall–Kier alpha value is -0.260. The highest BCUT2D eigenvalue weighted by atomic mass is 14.2. The van der Waals surface area contributed by atoms with Gasteiger partial charge in [-0.2, -0.15) is 0 Å². The van der Waals surface area contributed by atoms with Crippen molar-refractivity contribution >= 4 is 0 Å². The van der Waals surface area contributed by atoms with E-state index < -0.39 is 0 Å². The van der Waals surface area contributed by atoms with Crippen molar-refractivity contribution in [2.45, 2.75) is 51.9 Å². The topological polar surface area (TPSA) is 0 Å². The molecule has 0 saturated heterocycles. The maximum Gasteiger partial charge on any atom is -0.0322 e. The van der Waals surface area contributed by atoms with Crippen LogP contribution in [0, 0.1) is 5.92 Å². The molecule has 1 rings (SSSR count). The summed E-state index contributed by atoms with van der Waals surface area (Å²) in [6, 6.07) is 0. The summed E-state index contributed by atoms with van der Waals surface area (Å²) < 4.78 is 0. The lowest BCUT2D eigenvalue weighted by Gasteiger charge is -2.19. The van der Waals surface area contributed by atoms with E-state index in [0.717, 1.165) is 5.92 Å². The number of hydrogen-bond acceptors (Lipinski definition) is 0. The third-order valence-corrected chi connectivity index (χ3v) is 2.60. The van der Waals surface area contributed by atoms with Crippen LogP contribution < -0.4 is 0 Å². The van der Waals surface area contributed by atoms with Crippen molar-refractivity contribution in [1.82, 2.24) is 0 Å². The van der Waals surface area contributed by atoms with E-state index in [9.17, 15) is 0 Å². The molecule has 0 aliphatic heterocycles. The summed E-state index contributed by atoms with van der Waals surface area (Å²) in [5, 5.41) is 0. The molecule has 0 amide bonds. The summed E-state index contributed by atoms with van der Waals surface area (Å²) in [5.74, 6) is 1.02. The number of rotatable bonds is 3. The Bertz CT molecular complexity index is 107. The molecule has 1 saturated carbocycles. The van der Waals surface area contributed by atoms with E-state index >= 15 is 0 Å². The Morgan fingerprint density at radius 1 is 1.09 bits per heavy atom. The van der Waals surface area contributed by atoms with Crippen LogP contribution in [-0.2, 0) is 0 Å². The van der Waals surface area contributed by atoms with Crippen molar-refractivity contribution < 1.29 is 0 Å². The Kier molecular flexibility index (Phi) is 4.33. The summed E-state index contributed by atoms with van der Waals surface area (Å²) in [5.41, 5.74) is 0. The summed E-state index contributed by atoms with van der Waals surface area (Å²) in [6.07, 6.45) is 14.6. The minimum atomic E-state index is 1.02. The monoisotopic (exact) mass is 152 g/mol. The second-order valence-corrected chi connectivity index (χ2v) is 3.62. The summed E-state index contributed by atoms with van der Waals surface area (Å²) in [4.78, 5) is 0. The molecule has 0 heterocycles. The largest absolute Gasteiger partial charge is 0.0888 e. The van der Waals surface area contributed by atoms with Crippen LogP contribution in [0.2, 0.25) is 0 Å². The quantitative estimate of drug-likeness (QED) is 0.538. The number of allylic oxidation sites excluding steroid dienone is 2. The van der Waals surface area contributed by atoms with Crippen LogP contribution in [0.15, 0.2) is 12.2 Å². The molecular weight excluding hydrogens is 132 g/mol. The fourth-order valence-corrected chi connectivity index (χ4v) is 1.88. The maximum atomic E-state index is 2.37. The van der Waals surface area contributed by atoms with Crippen molar-refractivity contribution in [1.29, 1.82) is 0 Å². The molecule has 1 aliphatic carbocycles. The van der Waals surface area contributed by atoms with E-state index in [2.05, 4.69) is 19.1 Å². The van der Waals surface area contributed by atoms with E-state index in [0.29, 0.717) is 0 Å². The summed E-state index contributed by atoms with van der Waals surface area (Å²) in [7, 11) is 0. The first-order valence-electron chi connectivity index (χ1n) is 5.08. The van der Waals surface area contributed by atoms with Crippen LogP contribution in [0.3, 0.4) is 0 Å². The fourth-order valence-electron chi connectivity index (χ4n) is 1.88. The van der Waals surface area contributed by atoms with Crippen LogP contribution in [0.25, 0.3) is 0 Å². The second-order valence-electron chi connectivity index (χ2n) is 3.62. The molecule has 1 aliphatic rings. The summed E-state index contributed by atoms with van der Waals surface area (Å²) in [6.45, 7) is 2.21. The van der Waals surface area contributed by atoms with Gasteiger partial charge >= 0.3 is 0 Å². The third kappa shape index (κ3) is 3.60. The molecule has 0 heteroatoms. The molecule has 11 heavy (non-hydrogen) atoms. The highest BCUT2D eigenvalue weighted by Gasteiger charge is 2.10. The van der Waals surface area contributed by atoms with Gasteiger partial charge in [-0.05, 0) is 18.8 Å². The molecule has 0 nitrogen and oxygen atoms in total. The van der Waals surface area contributed by atoms with Gasteiger partial charge in [0.05, 0.1) is 0 Å². The zero-order chi connectivity index (χ0) is 7.94. The molecule has 0 atom stereocenters. The molecule has 0 unspecified atom stereocenters. The van der Waals surface area contributed by atoms with Crippen LogP contribution in [0.1, 0.15) is 51.9 Å². The molecular formula is C11H20. The van der Waals surface area contributed by atoms with Gasteiger partial charge in [0.15, 0.2) is 0 Å². The fraction of sp³-hybridized carbons (Fsp3) is 0.818. The van der Waals surface area contributed by atoms with E-state index in [-0.39, 0.29) is 0 Å². The standard InChI is InChI=1S/C11H20/c1-2-3-5-8-11-9-6-4-7-10-11/h3,5,11H,2,4,6-10H2,1H3. The molecule has 64 valence electrons. The number of hydrogen-bond donors (Lipinski definition) is 0. The minimum Gasteiger partial charge on any atom is -0.0888 e. The van der Waals surface area contributed by atoms with Gasteiger partial charge in [0.25, 0.3) is 0 Å². The van der Waals surface area contributed by atoms with E-state index in [1.165, 1.54) is 44.9 Å². The Morgan fingerprint density at radius 3 is 2.45 bits per heavy atom. The molecule has 0 aromatic carbocycles. The zero-order valence-electron chi connectivity index (χ0n) is 7.68. The smallest absolute Gasteiger partial charge is 0.0322 e. The molecule has 0 N–H and O–H groups in total. The van der Waals surface area contributed by atoms with Crippen LogP contribution in [-0.4, -0.2) is 0 Å². The maximum absolute atomic E-state index is 2.37. The average molecular weight is 152 g/mol. The van der Waals surface area contributed by atoms with Crippen LogP contribution >= 0.6 is 0 Å². The lowest BCUT2D eigenvalue weighted by molar-refractivity contribution is 0.361. The van der Waals surface area contributed by atoms with Crippen molar-refractivity contribution in [2.24, 2.45) is 5.92 Å². The van der Waals surface area contributed by atoms with E-state index in [1.54, 1.807) is 0 Å². The van der Waals surface area contributed by atoms with Gasteiger partial charge in [-0.1, -0.05) is 51.2 Å². The highest BCUT2D eigenvalue weighted by Crippen LogP contribution is 2.26. The van der Waals surface area contributed by atoms with Crippen molar-refractivity contribution in [3.8, 4) is 0 Å². The second kappa shape index (κ2) is 5.40. The Balaban J connectivity index is 2.09. The predicted molar refractivity (Wildman–Crippen MR) is 50.6 cm³/mol. The van der Waals surface area contributed by atoms with Crippen molar-refractivity contribution in [3.05, 3.63) is 12.2 Å². The third-order valence-electron chi connectivity index (χ3n) is 2.60. The van der Waals surface area contributed by atoms with Crippen molar-refractivity contribution in [3.63, 3.8) is 0 Å². The lowest BCUT2D eigenvalue weighted by atomic mass is 9.87. The van der Waals surface area contributed by atoms with Crippen LogP contribution in [0.4, 0.5) is 0 Å². The lowest BCUT2D eigenvalue weighted by Crippen LogP contribution is -2.04. The van der Waals surface area contributed by atoms with Gasteiger partial charge in [-0.15, -0.1) is 0 Å². The van der Waals surface area contributed by atoms with Crippen LogP contribution in [0.5, 0.6) is 0 Å². The van der Waals surface area contributed by atoms with Gasteiger partial charge in [-0.25, -0.2) is 0 Å². The van der Waals surface area contributed by atoms with Gasteiger partial charge in [0, 0.05) is 0 Å².